The van der Waals surface area contributed by atoms with Gasteiger partial charge in [-0.15, -0.1) is 11.3 Å². The maximum absolute atomic E-state index is 6.67. The Labute approximate surface area is 314 Å². The molecule has 1 nitrogen and oxygen atoms in total. The highest BCUT2D eigenvalue weighted by atomic mass is 32.1. The number of fused-ring (bicyclic) bond motifs is 13. The second kappa shape index (κ2) is 11.4. The largest absolute Gasteiger partial charge is 0.455 e. The second-order valence-corrected chi connectivity index (χ2v) is 15.3. The van der Waals surface area contributed by atoms with Crippen LogP contribution in [0.4, 0.5) is 0 Å². The van der Waals surface area contributed by atoms with Gasteiger partial charge in [0.2, 0.25) is 0 Å². The van der Waals surface area contributed by atoms with E-state index in [-0.39, 0.29) is 0 Å². The molecule has 250 valence electrons. The lowest BCUT2D eigenvalue weighted by atomic mass is 9.84. The Morgan fingerprint density at radius 1 is 0.333 bits per heavy atom. The average molecular weight is 703 g/mol. The van der Waals surface area contributed by atoms with Crippen molar-refractivity contribution >= 4 is 96.5 Å². The third-order valence-corrected chi connectivity index (χ3v) is 12.6. The molecule has 0 N–H and O–H groups in total. The zero-order valence-electron chi connectivity index (χ0n) is 29.1. The third kappa shape index (κ3) is 4.14. The fourth-order valence-corrected chi connectivity index (χ4v) is 10.4. The normalized spacial score (nSPS) is 12.1. The fourth-order valence-electron chi connectivity index (χ4n) is 9.17. The van der Waals surface area contributed by atoms with Crippen molar-refractivity contribution in [2.75, 3.05) is 0 Å². The molecule has 0 aliphatic heterocycles. The van der Waals surface area contributed by atoms with Gasteiger partial charge in [0.05, 0.1) is 0 Å². The quantitative estimate of drug-likeness (QED) is 0.167. The van der Waals surface area contributed by atoms with Gasteiger partial charge >= 0.3 is 0 Å². The van der Waals surface area contributed by atoms with Crippen LogP contribution in [0.2, 0.25) is 0 Å². The van der Waals surface area contributed by atoms with Gasteiger partial charge in [-0.25, -0.2) is 0 Å². The first-order valence-corrected chi connectivity index (χ1v) is 19.3. The van der Waals surface area contributed by atoms with Crippen LogP contribution < -0.4 is 0 Å². The van der Waals surface area contributed by atoms with E-state index in [4.69, 9.17) is 4.42 Å². The molecule has 12 aromatic rings. The Hall–Kier alpha value is -6.74. The van der Waals surface area contributed by atoms with Crippen molar-refractivity contribution in [3.63, 3.8) is 0 Å². The number of para-hydroxylation sites is 1. The number of benzene rings is 10. The fraction of sp³-hybridized carbons (Fsp3) is 0. The first kappa shape index (κ1) is 29.8. The van der Waals surface area contributed by atoms with Crippen LogP contribution in [-0.4, -0.2) is 0 Å². The molecule has 0 amide bonds. The van der Waals surface area contributed by atoms with Crippen LogP contribution in [0.15, 0.2) is 186 Å². The number of hydrogen-bond acceptors (Lipinski definition) is 2. The minimum Gasteiger partial charge on any atom is -0.455 e. The highest BCUT2D eigenvalue weighted by Crippen LogP contribution is 2.49. The van der Waals surface area contributed by atoms with Gasteiger partial charge in [-0.1, -0.05) is 170 Å². The predicted molar refractivity (Wildman–Crippen MR) is 233 cm³/mol. The summed E-state index contributed by atoms with van der Waals surface area (Å²) >= 11 is 1.87. The summed E-state index contributed by atoms with van der Waals surface area (Å²) < 4.78 is 9.21. The van der Waals surface area contributed by atoms with Crippen LogP contribution >= 0.6 is 11.3 Å². The van der Waals surface area contributed by atoms with Gasteiger partial charge in [-0.2, -0.15) is 0 Å². The van der Waals surface area contributed by atoms with Crippen LogP contribution in [-0.2, 0) is 0 Å². The van der Waals surface area contributed by atoms with Gasteiger partial charge in [0.15, 0.2) is 0 Å². The van der Waals surface area contributed by atoms with Gasteiger partial charge in [-0.05, 0) is 83.2 Å². The van der Waals surface area contributed by atoms with E-state index in [1.165, 1.54) is 107 Å². The molecule has 0 saturated carbocycles. The van der Waals surface area contributed by atoms with Crippen LogP contribution in [0.5, 0.6) is 0 Å². The molecule has 2 aromatic heterocycles. The van der Waals surface area contributed by atoms with Gasteiger partial charge in [0.1, 0.15) is 11.2 Å². The molecular weight excluding hydrogens is 673 g/mol. The highest BCUT2D eigenvalue weighted by molar-refractivity contribution is 7.27. The van der Waals surface area contributed by atoms with Crippen molar-refractivity contribution in [1.82, 2.24) is 0 Å². The SMILES string of the molecule is c1ccc(-c2c3ccccc3c(-c3ccc(-c4ccc5c(c4)sc4c6ccccc6c6c7ccccc7oc6c54)c4ccccc34)c3ccccc23)cc1. The third-order valence-electron chi connectivity index (χ3n) is 11.5. The molecular formula is C52H30OS. The molecule has 0 radical (unpaired) electrons. The molecule has 12 rings (SSSR count). The van der Waals surface area contributed by atoms with Crippen LogP contribution in [0.25, 0.3) is 119 Å². The van der Waals surface area contributed by atoms with E-state index in [0.29, 0.717) is 0 Å². The van der Waals surface area contributed by atoms with Crippen molar-refractivity contribution in [3.8, 4) is 33.4 Å². The molecule has 2 heterocycles. The predicted octanol–water partition coefficient (Wildman–Crippen LogP) is 15.6. The molecule has 0 atom stereocenters. The second-order valence-electron chi connectivity index (χ2n) is 14.3. The smallest absolute Gasteiger partial charge is 0.145 e. The van der Waals surface area contributed by atoms with Crippen LogP contribution in [0.3, 0.4) is 0 Å². The van der Waals surface area contributed by atoms with Crippen molar-refractivity contribution in [1.29, 1.82) is 0 Å². The Morgan fingerprint density at radius 2 is 0.870 bits per heavy atom. The van der Waals surface area contributed by atoms with E-state index in [1.807, 2.05) is 11.3 Å². The Kier molecular flexibility index (Phi) is 6.28. The monoisotopic (exact) mass is 702 g/mol. The topological polar surface area (TPSA) is 13.1 Å². The van der Waals surface area contributed by atoms with Gasteiger partial charge in [0.25, 0.3) is 0 Å². The van der Waals surface area contributed by atoms with Gasteiger partial charge in [0, 0.05) is 36.3 Å². The van der Waals surface area contributed by atoms with E-state index in [0.717, 1.165) is 11.2 Å². The lowest BCUT2D eigenvalue weighted by Gasteiger charge is -2.19. The average Bonchev–Trinajstić information content (AvgIpc) is 3.82. The molecule has 0 aliphatic carbocycles. The zero-order valence-corrected chi connectivity index (χ0v) is 30.0. The van der Waals surface area contributed by atoms with E-state index in [1.54, 1.807) is 0 Å². The van der Waals surface area contributed by atoms with Gasteiger partial charge < -0.3 is 4.42 Å². The molecule has 2 heteroatoms. The first-order chi connectivity index (χ1) is 26.8. The Bertz CT molecular complexity index is 3440. The highest BCUT2D eigenvalue weighted by Gasteiger charge is 2.21. The standard InChI is InChI=1S/C52H30OS/c1-2-14-31(15-3-1)47-36-18-6-8-20-38(36)48(39-21-9-7-19-37(39)47)41-29-28-33(34-16-4-5-17-35(34)41)32-26-27-44-46(30-32)54-52-42-23-11-10-22-40(42)49-43-24-12-13-25-45(43)53-51(49)50(44)52/h1-30H. The van der Waals surface area contributed by atoms with E-state index < -0.39 is 0 Å². The summed E-state index contributed by atoms with van der Waals surface area (Å²) in [4.78, 5) is 0. The number of furan rings is 1. The summed E-state index contributed by atoms with van der Waals surface area (Å²) in [7, 11) is 0. The van der Waals surface area contributed by atoms with Crippen LogP contribution in [0.1, 0.15) is 0 Å². The molecule has 0 saturated heterocycles. The molecule has 54 heavy (non-hydrogen) atoms. The Balaban J connectivity index is 1.10. The lowest BCUT2D eigenvalue weighted by Crippen LogP contribution is -1.92. The maximum Gasteiger partial charge on any atom is 0.145 e. The number of hydrogen-bond donors (Lipinski definition) is 0. The van der Waals surface area contributed by atoms with Gasteiger partial charge in [-0.3, -0.25) is 0 Å². The van der Waals surface area contributed by atoms with Crippen molar-refractivity contribution in [2.45, 2.75) is 0 Å². The zero-order chi connectivity index (χ0) is 35.3. The summed E-state index contributed by atoms with van der Waals surface area (Å²) in [5.74, 6) is 0. The summed E-state index contributed by atoms with van der Waals surface area (Å²) in [6.07, 6.45) is 0. The molecule has 0 aliphatic rings. The Morgan fingerprint density at radius 3 is 1.57 bits per heavy atom. The van der Waals surface area contributed by atoms with Crippen molar-refractivity contribution in [2.24, 2.45) is 0 Å². The first-order valence-electron chi connectivity index (χ1n) is 18.5. The lowest BCUT2D eigenvalue weighted by molar-refractivity contribution is 0.673. The maximum atomic E-state index is 6.67. The minimum absolute atomic E-state index is 0.933. The summed E-state index contributed by atoms with van der Waals surface area (Å²) in [6, 6.07) is 66.5. The minimum atomic E-state index is 0.933. The summed E-state index contributed by atoms with van der Waals surface area (Å²) in [5, 5.41) is 14.9. The van der Waals surface area contributed by atoms with E-state index in [9.17, 15) is 0 Å². The molecule has 0 unspecified atom stereocenters. The number of rotatable bonds is 3. The van der Waals surface area contributed by atoms with E-state index >= 15 is 0 Å². The van der Waals surface area contributed by atoms with Crippen molar-refractivity contribution in [3.05, 3.63) is 182 Å². The molecule has 10 aromatic carbocycles. The summed E-state index contributed by atoms with van der Waals surface area (Å²) in [6.45, 7) is 0. The van der Waals surface area contributed by atoms with Crippen molar-refractivity contribution < 1.29 is 4.42 Å². The summed E-state index contributed by atoms with van der Waals surface area (Å²) in [5.41, 5.74) is 9.43. The molecule has 0 fully saturated rings. The number of thiophene rings is 1. The van der Waals surface area contributed by atoms with E-state index in [2.05, 4.69) is 182 Å². The molecule has 0 spiro atoms. The molecule has 0 bridgehead atoms. The van der Waals surface area contributed by atoms with Crippen LogP contribution in [0, 0.1) is 0 Å².